The van der Waals surface area contributed by atoms with Gasteiger partial charge in [-0.2, -0.15) is 24.3 Å². The van der Waals surface area contributed by atoms with Crippen LogP contribution in [0.4, 0.5) is 0 Å². The van der Waals surface area contributed by atoms with E-state index in [0.29, 0.717) is 0 Å². The zero-order valence-corrected chi connectivity index (χ0v) is 24.1. The second-order valence-electron chi connectivity index (χ2n) is 9.57. The largest absolute Gasteiger partial charge is 0.302 e. The third kappa shape index (κ3) is 4.00. The van der Waals surface area contributed by atoms with Crippen LogP contribution in [0.2, 0.25) is 0 Å². The fourth-order valence-corrected chi connectivity index (χ4v) is 5.61. The molecule has 5 nitrogen and oxygen atoms in total. The van der Waals surface area contributed by atoms with Gasteiger partial charge in [-0.05, 0) is 29.7 Å². The van der Waals surface area contributed by atoms with Crippen molar-refractivity contribution in [1.29, 1.82) is 0 Å². The van der Waals surface area contributed by atoms with Crippen molar-refractivity contribution in [2.75, 3.05) is 0 Å². The van der Waals surface area contributed by atoms with Crippen molar-refractivity contribution < 1.29 is 20.1 Å². The summed E-state index contributed by atoms with van der Waals surface area (Å²) in [5.74, 6) is 0.921. The summed E-state index contributed by atoms with van der Waals surface area (Å²) >= 11 is 0. The molecule has 0 saturated carbocycles. The second-order valence-corrected chi connectivity index (χ2v) is 9.57. The molecular weight excluding hydrogens is 683 g/mol. The maximum atomic E-state index is 4.83. The zero-order valence-electron chi connectivity index (χ0n) is 21.7. The van der Waals surface area contributed by atoms with Gasteiger partial charge in [0.15, 0.2) is 0 Å². The summed E-state index contributed by atoms with van der Waals surface area (Å²) in [6.07, 6.45) is 3.47. The molecule has 6 heteroatoms. The van der Waals surface area contributed by atoms with E-state index in [4.69, 9.17) is 4.98 Å². The molecule has 9 rings (SSSR count). The maximum Gasteiger partial charge on any atom is 0.218 e. The second kappa shape index (κ2) is 10.3. The van der Waals surface area contributed by atoms with Crippen molar-refractivity contribution in [2.45, 2.75) is 0 Å². The molecule has 6 aromatic carbocycles. The van der Waals surface area contributed by atoms with Gasteiger partial charge in [-0.1, -0.05) is 65.0 Å². The van der Waals surface area contributed by atoms with Gasteiger partial charge in [0.1, 0.15) is 0 Å². The van der Waals surface area contributed by atoms with Crippen LogP contribution in [0.15, 0.2) is 128 Å². The molecule has 0 aliphatic heterocycles. The molecule has 0 N–H and O–H groups in total. The molecular formula is C35H21IrN5-2. The molecule has 41 heavy (non-hydrogen) atoms. The molecule has 0 fully saturated rings. The number of rotatable bonds is 1. The molecule has 9 aromatic rings. The Morgan fingerprint density at radius 1 is 0.537 bits per heavy atom. The molecule has 0 amide bonds. The van der Waals surface area contributed by atoms with Gasteiger partial charge in [-0.15, -0.1) is 35.7 Å². The quantitative estimate of drug-likeness (QED) is 0.129. The first-order valence-electron chi connectivity index (χ1n) is 13.1. The summed E-state index contributed by atoms with van der Waals surface area (Å²) in [6.45, 7) is 0. The fraction of sp³-hybridized carbons (Fsp3) is 0. The van der Waals surface area contributed by atoms with Gasteiger partial charge < -0.3 is 9.55 Å². The van der Waals surface area contributed by atoms with E-state index in [-0.39, 0.29) is 20.1 Å². The predicted molar refractivity (Wildman–Crippen MR) is 162 cm³/mol. The molecule has 0 aliphatic rings. The van der Waals surface area contributed by atoms with E-state index in [1.165, 1.54) is 10.8 Å². The molecule has 1 radical (unpaired) electrons. The first-order chi connectivity index (χ1) is 19.9. The van der Waals surface area contributed by atoms with Gasteiger partial charge in [0, 0.05) is 38.0 Å². The van der Waals surface area contributed by atoms with Gasteiger partial charge in [0.2, 0.25) is 5.78 Å². The van der Waals surface area contributed by atoms with Gasteiger partial charge in [-0.25, -0.2) is 4.98 Å². The number of para-hydroxylation sites is 5. The van der Waals surface area contributed by atoms with Crippen LogP contribution in [0.5, 0.6) is 0 Å². The molecule has 197 valence electrons. The molecule has 3 aromatic heterocycles. The Balaban J connectivity index is 0.000000134. The van der Waals surface area contributed by atoms with E-state index in [1.807, 2.05) is 42.5 Å². The fourth-order valence-electron chi connectivity index (χ4n) is 5.61. The number of hydrogen-bond acceptors (Lipinski definition) is 3. The van der Waals surface area contributed by atoms with Crippen LogP contribution in [-0.4, -0.2) is 23.9 Å². The third-order valence-electron chi connectivity index (χ3n) is 7.30. The standard InChI is InChI=1S/C19H12N3.C16H9N2.Ir/c1-2-8-14(9-3-1)21-17-12-6-7-13-18(17)22-16-11-5-4-10-15(16)20-19(21)22;1-3-7-13-11(5-1)12-6-2-4-8-14(12)16-15(13)17-9-10-18-16;/h1-8,10-13H;1-7,9-10H;/q2*-1;. The minimum Gasteiger partial charge on any atom is -0.302 e. The molecule has 0 atom stereocenters. The minimum absolute atomic E-state index is 0. The molecule has 3 heterocycles. The number of benzene rings is 6. The molecule has 0 aliphatic carbocycles. The van der Waals surface area contributed by atoms with Crippen LogP contribution in [0.1, 0.15) is 0 Å². The summed E-state index contributed by atoms with van der Waals surface area (Å²) in [7, 11) is 0. The van der Waals surface area contributed by atoms with E-state index >= 15 is 0 Å². The van der Waals surface area contributed by atoms with Crippen molar-refractivity contribution >= 4 is 60.4 Å². The van der Waals surface area contributed by atoms with Crippen LogP contribution in [0, 0.1) is 12.1 Å². The van der Waals surface area contributed by atoms with Gasteiger partial charge >= 0.3 is 0 Å². The Hall–Kier alpha value is -4.90. The first kappa shape index (κ1) is 25.1. The van der Waals surface area contributed by atoms with Crippen molar-refractivity contribution in [1.82, 2.24) is 23.9 Å². The number of imidazole rings is 2. The van der Waals surface area contributed by atoms with Crippen molar-refractivity contribution in [3.05, 3.63) is 140 Å². The summed E-state index contributed by atoms with van der Waals surface area (Å²) in [4.78, 5) is 13.8. The molecule has 0 spiro atoms. The maximum absolute atomic E-state index is 4.83. The monoisotopic (exact) mass is 704 g/mol. The Bertz CT molecular complexity index is 2120. The van der Waals surface area contributed by atoms with Crippen molar-refractivity contribution in [3.8, 4) is 5.69 Å². The SMILES string of the molecule is [Ir].[c-]1cccc2c1c1nccnc1c1ccccc21.[c-]1ccccc1-n1c2ccccc2n2c3ccccc3nc12. The Labute approximate surface area is 249 Å². The van der Waals surface area contributed by atoms with Gasteiger partial charge in [0.25, 0.3) is 0 Å². The first-order valence-corrected chi connectivity index (χ1v) is 13.1. The van der Waals surface area contributed by atoms with Crippen LogP contribution in [-0.2, 0) is 20.1 Å². The average molecular weight is 704 g/mol. The third-order valence-corrected chi connectivity index (χ3v) is 7.30. The normalized spacial score (nSPS) is 11.2. The van der Waals surface area contributed by atoms with Crippen LogP contribution in [0.3, 0.4) is 0 Å². The predicted octanol–water partition coefficient (Wildman–Crippen LogP) is 7.97. The molecule has 0 unspecified atom stereocenters. The van der Waals surface area contributed by atoms with Gasteiger partial charge in [0.05, 0.1) is 27.6 Å². The number of hydrogen-bond donors (Lipinski definition) is 0. The molecule has 0 bridgehead atoms. The van der Waals surface area contributed by atoms with Gasteiger partial charge in [-0.3, -0.25) is 9.38 Å². The molecule has 0 saturated heterocycles. The van der Waals surface area contributed by atoms with E-state index in [0.717, 1.165) is 55.3 Å². The Morgan fingerprint density at radius 3 is 2.02 bits per heavy atom. The van der Waals surface area contributed by atoms with Crippen LogP contribution < -0.4 is 0 Å². The average Bonchev–Trinajstić information content (AvgIpc) is 3.57. The Morgan fingerprint density at radius 2 is 1.20 bits per heavy atom. The number of aromatic nitrogens is 5. The van der Waals surface area contributed by atoms with E-state index in [1.54, 1.807) is 12.4 Å². The van der Waals surface area contributed by atoms with Crippen molar-refractivity contribution in [3.63, 3.8) is 0 Å². The van der Waals surface area contributed by atoms with E-state index < -0.39 is 0 Å². The Kier molecular flexibility index (Phi) is 6.27. The van der Waals surface area contributed by atoms with Crippen molar-refractivity contribution in [2.24, 2.45) is 0 Å². The number of fused-ring (bicyclic) bond motifs is 11. The summed E-state index contributed by atoms with van der Waals surface area (Å²) in [5, 5.41) is 4.57. The topological polar surface area (TPSA) is 48.0 Å². The minimum atomic E-state index is 0. The van der Waals surface area contributed by atoms with Crippen LogP contribution >= 0.6 is 0 Å². The summed E-state index contributed by atoms with van der Waals surface area (Å²) in [6, 6.07) is 45.6. The smallest absolute Gasteiger partial charge is 0.218 e. The van der Waals surface area contributed by atoms with E-state index in [2.05, 4.69) is 104 Å². The number of nitrogens with zero attached hydrogens (tertiary/aromatic N) is 5. The zero-order chi connectivity index (χ0) is 26.5. The summed E-state index contributed by atoms with van der Waals surface area (Å²) < 4.78 is 4.38. The van der Waals surface area contributed by atoms with Crippen LogP contribution in [0.25, 0.3) is 66.1 Å². The van der Waals surface area contributed by atoms with E-state index in [9.17, 15) is 0 Å². The summed E-state index contributed by atoms with van der Waals surface area (Å²) in [5.41, 5.74) is 7.30.